The number of anilines is 2. The van der Waals surface area contributed by atoms with Gasteiger partial charge < -0.3 is 16.2 Å². The lowest BCUT2D eigenvalue weighted by Gasteiger charge is -2.15. The Balaban J connectivity index is 2.04. The summed E-state index contributed by atoms with van der Waals surface area (Å²) in [5, 5.41) is 17.1. The minimum absolute atomic E-state index is 0.0744. The van der Waals surface area contributed by atoms with Crippen molar-refractivity contribution in [2.75, 3.05) is 11.1 Å². The Morgan fingerprint density at radius 2 is 2.17 bits per heavy atom. The Morgan fingerprint density at radius 3 is 2.83 bits per heavy atom. The van der Waals surface area contributed by atoms with E-state index in [0.29, 0.717) is 16.7 Å². The van der Waals surface area contributed by atoms with Crippen molar-refractivity contribution in [2.24, 2.45) is 7.05 Å². The maximum absolute atomic E-state index is 11.2. The molecule has 23 heavy (non-hydrogen) atoms. The molecule has 0 aliphatic rings. The largest absolute Gasteiger partial charge is 0.478 e. The molecular weight excluding hydrogens is 296 g/mol. The summed E-state index contributed by atoms with van der Waals surface area (Å²) in [5.74, 6) is -0.386. The molecule has 2 heterocycles. The normalized spacial score (nSPS) is 12.3. The van der Waals surface area contributed by atoms with Crippen LogP contribution >= 0.6 is 0 Å². The molecule has 0 aliphatic heterocycles. The third-order valence-electron chi connectivity index (χ3n) is 3.54. The van der Waals surface area contributed by atoms with E-state index < -0.39 is 5.97 Å². The van der Waals surface area contributed by atoms with Gasteiger partial charge >= 0.3 is 5.97 Å². The fourth-order valence-corrected chi connectivity index (χ4v) is 2.34. The molecule has 3 aromatic rings. The predicted octanol–water partition coefficient (Wildman–Crippen LogP) is 1.82. The van der Waals surface area contributed by atoms with Crippen LogP contribution in [-0.2, 0) is 7.05 Å². The van der Waals surface area contributed by atoms with Gasteiger partial charge in [0.2, 0.25) is 5.95 Å². The molecule has 1 unspecified atom stereocenters. The second kappa shape index (κ2) is 5.56. The van der Waals surface area contributed by atoms with Gasteiger partial charge in [0.1, 0.15) is 5.82 Å². The average Bonchev–Trinajstić information content (AvgIpc) is 2.93. The van der Waals surface area contributed by atoms with Crippen molar-refractivity contribution >= 4 is 28.6 Å². The van der Waals surface area contributed by atoms with Gasteiger partial charge in [0.15, 0.2) is 0 Å². The van der Waals surface area contributed by atoms with E-state index in [1.807, 2.05) is 20.2 Å². The van der Waals surface area contributed by atoms with Crippen LogP contribution in [0.15, 0.2) is 30.6 Å². The molecule has 0 spiro atoms. The van der Waals surface area contributed by atoms with Crippen LogP contribution in [-0.4, -0.2) is 30.8 Å². The van der Waals surface area contributed by atoms with E-state index in [0.717, 1.165) is 5.56 Å². The van der Waals surface area contributed by atoms with E-state index in [1.54, 1.807) is 16.9 Å². The zero-order valence-electron chi connectivity index (χ0n) is 12.7. The number of aryl methyl sites for hydroxylation is 1. The first-order chi connectivity index (χ1) is 10.9. The molecule has 1 atom stereocenters. The van der Waals surface area contributed by atoms with Crippen molar-refractivity contribution in [1.82, 2.24) is 19.7 Å². The predicted molar refractivity (Wildman–Crippen MR) is 86.2 cm³/mol. The van der Waals surface area contributed by atoms with Crippen LogP contribution in [0.2, 0.25) is 0 Å². The van der Waals surface area contributed by atoms with Crippen molar-refractivity contribution < 1.29 is 9.90 Å². The SMILES string of the molecule is CC(Nc1nc(N)nc2ccc(C(=O)O)cc12)c1cnn(C)c1. The minimum Gasteiger partial charge on any atom is -0.478 e. The number of nitrogens with zero attached hydrogens (tertiary/aromatic N) is 4. The lowest BCUT2D eigenvalue weighted by atomic mass is 10.1. The third kappa shape index (κ3) is 2.91. The van der Waals surface area contributed by atoms with Gasteiger partial charge in [-0.15, -0.1) is 0 Å². The molecule has 2 aromatic heterocycles. The van der Waals surface area contributed by atoms with Crippen LogP contribution < -0.4 is 11.1 Å². The molecule has 0 aliphatic carbocycles. The van der Waals surface area contributed by atoms with E-state index in [9.17, 15) is 4.79 Å². The molecule has 0 bridgehead atoms. The first-order valence-electron chi connectivity index (χ1n) is 6.99. The van der Waals surface area contributed by atoms with Gasteiger partial charge in [0.05, 0.1) is 23.3 Å². The molecule has 8 heteroatoms. The van der Waals surface area contributed by atoms with Crippen molar-refractivity contribution in [2.45, 2.75) is 13.0 Å². The average molecular weight is 312 g/mol. The Kier molecular flexibility index (Phi) is 3.57. The first kappa shape index (κ1) is 14.8. The summed E-state index contributed by atoms with van der Waals surface area (Å²) in [6.07, 6.45) is 3.65. The zero-order chi connectivity index (χ0) is 16.6. The Bertz CT molecular complexity index is 889. The van der Waals surface area contributed by atoms with Crippen molar-refractivity contribution in [3.05, 3.63) is 41.7 Å². The summed E-state index contributed by atoms with van der Waals surface area (Å²) >= 11 is 0. The number of aromatic carboxylic acids is 1. The fraction of sp³-hybridized carbons (Fsp3) is 0.200. The van der Waals surface area contributed by atoms with Gasteiger partial charge in [-0.25, -0.2) is 9.78 Å². The standard InChI is InChI=1S/C15H16N6O2/c1-8(10-6-17-21(2)7-10)18-13-11-5-9(14(22)23)3-4-12(11)19-15(16)20-13/h3-8H,1-2H3,(H,22,23)(H3,16,18,19,20). The van der Waals surface area contributed by atoms with Gasteiger partial charge in [-0.05, 0) is 25.1 Å². The van der Waals surface area contributed by atoms with Crippen molar-refractivity contribution in [3.63, 3.8) is 0 Å². The van der Waals surface area contributed by atoms with Gasteiger partial charge in [0.25, 0.3) is 0 Å². The van der Waals surface area contributed by atoms with Crippen molar-refractivity contribution in [1.29, 1.82) is 0 Å². The number of carboxylic acid groups (broad SMARTS) is 1. The highest BCUT2D eigenvalue weighted by Crippen LogP contribution is 2.26. The number of fused-ring (bicyclic) bond motifs is 1. The minimum atomic E-state index is -1.00. The monoisotopic (exact) mass is 312 g/mol. The van der Waals surface area contributed by atoms with Gasteiger partial charge in [-0.2, -0.15) is 10.1 Å². The van der Waals surface area contributed by atoms with Crippen LogP contribution in [0, 0.1) is 0 Å². The number of aromatic nitrogens is 4. The van der Waals surface area contributed by atoms with Crippen LogP contribution in [0.1, 0.15) is 28.9 Å². The Labute approximate surface area is 132 Å². The highest BCUT2D eigenvalue weighted by Gasteiger charge is 2.14. The van der Waals surface area contributed by atoms with Crippen LogP contribution in [0.25, 0.3) is 10.9 Å². The topological polar surface area (TPSA) is 119 Å². The highest BCUT2D eigenvalue weighted by molar-refractivity contribution is 5.97. The zero-order valence-corrected chi connectivity index (χ0v) is 12.7. The highest BCUT2D eigenvalue weighted by atomic mass is 16.4. The van der Waals surface area contributed by atoms with Gasteiger partial charge in [-0.1, -0.05) is 0 Å². The molecule has 0 saturated heterocycles. The number of hydrogen-bond donors (Lipinski definition) is 3. The second-order valence-corrected chi connectivity index (χ2v) is 5.28. The Morgan fingerprint density at radius 1 is 1.39 bits per heavy atom. The summed E-state index contributed by atoms with van der Waals surface area (Å²) in [6, 6.07) is 4.58. The summed E-state index contributed by atoms with van der Waals surface area (Å²) in [6.45, 7) is 1.96. The summed E-state index contributed by atoms with van der Waals surface area (Å²) < 4.78 is 1.71. The van der Waals surface area contributed by atoms with Crippen LogP contribution in [0.4, 0.5) is 11.8 Å². The molecule has 0 radical (unpaired) electrons. The van der Waals surface area contributed by atoms with Gasteiger partial charge in [-0.3, -0.25) is 4.68 Å². The van der Waals surface area contributed by atoms with Crippen LogP contribution in [0.5, 0.6) is 0 Å². The number of carbonyl (C=O) groups is 1. The molecule has 1 aromatic carbocycles. The number of nitrogens with two attached hydrogens (primary N) is 1. The fourth-order valence-electron chi connectivity index (χ4n) is 2.34. The van der Waals surface area contributed by atoms with E-state index in [4.69, 9.17) is 10.8 Å². The van der Waals surface area contributed by atoms with Crippen molar-refractivity contribution in [3.8, 4) is 0 Å². The van der Waals surface area contributed by atoms with Crippen LogP contribution in [0.3, 0.4) is 0 Å². The summed E-state index contributed by atoms with van der Waals surface area (Å²) in [7, 11) is 1.84. The van der Waals surface area contributed by atoms with E-state index in [1.165, 1.54) is 12.1 Å². The van der Waals surface area contributed by atoms with Gasteiger partial charge in [0, 0.05) is 24.2 Å². The Hall–Kier alpha value is -3.16. The lowest BCUT2D eigenvalue weighted by molar-refractivity contribution is 0.0697. The van der Waals surface area contributed by atoms with E-state index >= 15 is 0 Å². The lowest BCUT2D eigenvalue weighted by Crippen LogP contribution is -2.10. The second-order valence-electron chi connectivity index (χ2n) is 5.28. The number of nitrogen functional groups attached to an aromatic ring is 1. The molecule has 0 fully saturated rings. The third-order valence-corrected chi connectivity index (χ3v) is 3.54. The number of hydrogen-bond acceptors (Lipinski definition) is 6. The molecule has 8 nitrogen and oxygen atoms in total. The summed E-state index contributed by atoms with van der Waals surface area (Å²) in [5.41, 5.74) is 7.48. The number of rotatable bonds is 4. The maximum Gasteiger partial charge on any atom is 0.335 e. The smallest absolute Gasteiger partial charge is 0.335 e. The number of benzene rings is 1. The molecule has 118 valence electrons. The van der Waals surface area contributed by atoms with E-state index in [-0.39, 0.29) is 17.6 Å². The maximum atomic E-state index is 11.2. The first-order valence-corrected chi connectivity index (χ1v) is 6.99. The molecule has 0 saturated carbocycles. The number of carboxylic acids is 1. The molecule has 3 rings (SSSR count). The quantitative estimate of drug-likeness (QED) is 0.672. The summed E-state index contributed by atoms with van der Waals surface area (Å²) in [4.78, 5) is 19.5. The molecular formula is C15H16N6O2. The molecule has 4 N–H and O–H groups in total. The van der Waals surface area contributed by atoms with E-state index in [2.05, 4.69) is 20.4 Å². The number of nitrogens with one attached hydrogen (secondary N) is 1. The molecule has 0 amide bonds.